The second-order valence-corrected chi connectivity index (χ2v) is 9.98. The molecule has 2 aromatic heterocycles. The lowest BCUT2D eigenvalue weighted by Crippen LogP contribution is -2.49. The highest BCUT2D eigenvalue weighted by Gasteiger charge is 2.22. The number of piperazine rings is 1. The zero-order valence-electron chi connectivity index (χ0n) is 20.9. The van der Waals surface area contributed by atoms with E-state index in [1.165, 1.54) is 17.3 Å². The Hall–Kier alpha value is -3.27. The van der Waals surface area contributed by atoms with Crippen molar-refractivity contribution in [1.82, 2.24) is 29.4 Å². The molecule has 5 rings (SSSR count). The highest BCUT2D eigenvalue weighted by molar-refractivity contribution is 7.80. The number of aromatic nitrogens is 4. The summed E-state index contributed by atoms with van der Waals surface area (Å²) in [6.07, 6.45) is 1.78. The summed E-state index contributed by atoms with van der Waals surface area (Å²) in [6, 6.07) is 16.7. The Labute approximate surface area is 226 Å². The third-order valence-corrected chi connectivity index (χ3v) is 7.45. The molecule has 1 N–H and O–H groups in total. The maximum absolute atomic E-state index is 14.1. The number of aryl methyl sites for hydroxylation is 1. The molecule has 37 heavy (non-hydrogen) atoms. The quantitative estimate of drug-likeness (QED) is 0.348. The van der Waals surface area contributed by atoms with Gasteiger partial charge in [-0.2, -0.15) is 10.2 Å². The van der Waals surface area contributed by atoms with Crippen molar-refractivity contribution in [3.8, 4) is 5.69 Å². The molecular weight excluding hydrogens is 509 g/mol. The molecule has 4 aromatic rings. The van der Waals surface area contributed by atoms with Crippen LogP contribution in [0, 0.1) is 19.7 Å². The zero-order chi connectivity index (χ0) is 25.9. The van der Waals surface area contributed by atoms with Gasteiger partial charge in [0, 0.05) is 66.8 Å². The van der Waals surface area contributed by atoms with Gasteiger partial charge in [-0.3, -0.25) is 9.58 Å². The number of benzene rings is 2. The molecule has 10 heteroatoms. The van der Waals surface area contributed by atoms with Crippen LogP contribution in [0.3, 0.4) is 0 Å². The van der Waals surface area contributed by atoms with Crippen molar-refractivity contribution in [1.29, 1.82) is 0 Å². The molecule has 192 valence electrons. The van der Waals surface area contributed by atoms with Crippen molar-refractivity contribution >= 4 is 34.7 Å². The molecule has 1 saturated heterocycles. The Morgan fingerprint density at radius 1 is 0.946 bits per heavy atom. The molecule has 0 aliphatic carbocycles. The standard InChI is InChI=1S/C27H29ClFN7S/c1-19-22(20(2)36(31-19)21-7-4-3-5-8-21)17-33-13-15-34(16-14-33)27(37)30-26-11-12-35(32-26)18-23-24(28)9-6-10-25(23)29/h3-12H,13-18H2,1-2H3,(H,30,32,37). The normalized spacial score (nSPS) is 14.2. The number of para-hydroxylation sites is 1. The van der Waals surface area contributed by atoms with Gasteiger partial charge in [0.2, 0.25) is 0 Å². The van der Waals surface area contributed by atoms with E-state index in [1.807, 2.05) is 28.9 Å². The number of thiocarbonyl (C=S) groups is 1. The first-order chi connectivity index (χ1) is 17.9. The molecule has 0 atom stereocenters. The van der Waals surface area contributed by atoms with Gasteiger partial charge in [-0.25, -0.2) is 9.07 Å². The monoisotopic (exact) mass is 537 g/mol. The predicted molar refractivity (Wildman–Crippen MR) is 149 cm³/mol. The van der Waals surface area contributed by atoms with Crippen LogP contribution in [-0.2, 0) is 13.1 Å². The maximum Gasteiger partial charge on any atom is 0.174 e. The molecule has 0 spiro atoms. The molecule has 1 aliphatic heterocycles. The molecule has 1 aliphatic rings. The molecule has 0 unspecified atom stereocenters. The van der Waals surface area contributed by atoms with Crippen LogP contribution in [0.5, 0.6) is 0 Å². The van der Waals surface area contributed by atoms with Crippen LogP contribution in [0.25, 0.3) is 5.69 Å². The second-order valence-electron chi connectivity index (χ2n) is 9.19. The fraction of sp³-hybridized carbons (Fsp3) is 0.296. The van der Waals surface area contributed by atoms with Gasteiger partial charge in [0.15, 0.2) is 10.9 Å². The van der Waals surface area contributed by atoms with Crippen LogP contribution in [0.15, 0.2) is 60.8 Å². The van der Waals surface area contributed by atoms with E-state index in [2.05, 4.69) is 46.2 Å². The summed E-state index contributed by atoms with van der Waals surface area (Å²) in [4.78, 5) is 4.60. The summed E-state index contributed by atoms with van der Waals surface area (Å²) in [6.45, 7) is 8.77. The summed E-state index contributed by atoms with van der Waals surface area (Å²) in [5, 5.41) is 13.5. The summed E-state index contributed by atoms with van der Waals surface area (Å²) < 4.78 is 17.8. The molecule has 0 radical (unpaired) electrons. The summed E-state index contributed by atoms with van der Waals surface area (Å²) in [5.74, 6) is 0.281. The van der Waals surface area contributed by atoms with Gasteiger partial charge in [-0.05, 0) is 50.3 Å². The topological polar surface area (TPSA) is 54.2 Å². The first-order valence-corrected chi connectivity index (χ1v) is 13.0. The summed E-state index contributed by atoms with van der Waals surface area (Å²) in [7, 11) is 0. The van der Waals surface area contributed by atoms with Gasteiger partial charge in [0.25, 0.3) is 0 Å². The Bertz CT molecular complexity index is 1370. The second kappa shape index (κ2) is 11.0. The van der Waals surface area contributed by atoms with Crippen LogP contribution in [0.4, 0.5) is 10.2 Å². The van der Waals surface area contributed by atoms with Crippen LogP contribution < -0.4 is 5.32 Å². The lowest BCUT2D eigenvalue weighted by Gasteiger charge is -2.36. The molecule has 0 bridgehead atoms. The third kappa shape index (κ3) is 5.69. The predicted octanol–water partition coefficient (Wildman–Crippen LogP) is 5.04. The first kappa shape index (κ1) is 25.4. The lowest BCUT2D eigenvalue weighted by molar-refractivity contribution is 0.176. The van der Waals surface area contributed by atoms with Crippen LogP contribution in [-0.4, -0.2) is 60.7 Å². The fourth-order valence-electron chi connectivity index (χ4n) is 4.61. The summed E-state index contributed by atoms with van der Waals surface area (Å²) in [5.41, 5.74) is 5.01. The Balaban J connectivity index is 1.15. The number of nitrogens with one attached hydrogen (secondary N) is 1. The van der Waals surface area contributed by atoms with E-state index < -0.39 is 0 Å². The Morgan fingerprint density at radius 3 is 2.43 bits per heavy atom. The number of anilines is 1. The molecule has 0 saturated carbocycles. The van der Waals surface area contributed by atoms with Crippen LogP contribution in [0.1, 0.15) is 22.5 Å². The number of halogens is 2. The van der Waals surface area contributed by atoms with E-state index in [1.54, 1.807) is 23.0 Å². The highest BCUT2D eigenvalue weighted by atomic mass is 35.5. The number of hydrogen-bond acceptors (Lipinski definition) is 4. The van der Waals surface area contributed by atoms with Crippen molar-refractivity contribution < 1.29 is 4.39 Å². The van der Waals surface area contributed by atoms with Crippen molar-refractivity contribution in [3.05, 3.63) is 94.1 Å². The largest absolute Gasteiger partial charge is 0.346 e. The van der Waals surface area contributed by atoms with E-state index >= 15 is 0 Å². The maximum atomic E-state index is 14.1. The Morgan fingerprint density at radius 2 is 1.70 bits per heavy atom. The minimum Gasteiger partial charge on any atom is -0.346 e. The van der Waals surface area contributed by atoms with Crippen LogP contribution in [0.2, 0.25) is 5.02 Å². The molecule has 7 nitrogen and oxygen atoms in total. The van der Waals surface area contributed by atoms with Gasteiger partial charge >= 0.3 is 0 Å². The van der Waals surface area contributed by atoms with Crippen molar-refractivity contribution in [2.24, 2.45) is 0 Å². The number of rotatable bonds is 6. The van der Waals surface area contributed by atoms with E-state index in [9.17, 15) is 4.39 Å². The molecule has 3 heterocycles. The fourth-order valence-corrected chi connectivity index (χ4v) is 5.12. The van der Waals surface area contributed by atoms with Gasteiger partial charge in [0.05, 0.1) is 17.9 Å². The molecular formula is C27H29ClFN7S. The van der Waals surface area contributed by atoms with Gasteiger partial charge in [0.1, 0.15) is 5.82 Å². The minimum atomic E-state index is -0.344. The third-order valence-electron chi connectivity index (χ3n) is 6.74. The highest BCUT2D eigenvalue weighted by Crippen LogP contribution is 2.22. The van der Waals surface area contributed by atoms with E-state index in [-0.39, 0.29) is 12.4 Å². The average Bonchev–Trinajstić information content (AvgIpc) is 3.46. The van der Waals surface area contributed by atoms with Crippen molar-refractivity contribution in [3.63, 3.8) is 0 Å². The van der Waals surface area contributed by atoms with Crippen molar-refractivity contribution in [2.45, 2.75) is 26.9 Å². The first-order valence-electron chi connectivity index (χ1n) is 12.2. The summed E-state index contributed by atoms with van der Waals surface area (Å²) >= 11 is 11.8. The van der Waals surface area contributed by atoms with Crippen molar-refractivity contribution in [2.75, 3.05) is 31.5 Å². The lowest BCUT2D eigenvalue weighted by atomic mass is 10.1. The molecule has 2 aromatic carbocycles. The average molecular weight is 538 g/mol. The SMILES string of the molecule is Cc1nn(-c2ccccc2)c(C)c1CN1CCN(C(=S)Nc2ccn(Cc3c(F)cccc3Cl)n2)CC1. The molecule has 1 fully saturated rings. The van der Waals surface area contributed by atoms with E-state index in [0.717, 1.165) is 44.1 Å². The van der Waals surface area contributed by atoms with E-state index in [0.29, 0.717) is 21.5 Å². The Kier molecular flexibility index (Phi) is 7.55. The van der Waals surface area contributed by atoms with Gasteiger partial charge in [-0.15, -0.1) is 0 Å². The van der Waals surface area contributed by atoms with E-state index in [4.69, 9.17) is 28.9 Å². The minimum absolute atomic E-state index is 0.248. The number of nitrogens with zero attached hydrogens (tertiary/aromatic N) is 6. The molecule has 0 amide bonds. The smallest absolute Gasteiger partial charge is 0.174 e. The number of hydrogen-bond donors (Lipinski definition) is 1. The zero-order valence-corrected chi connectivity index (χ0v) is 22.4. The van der Waals surface area contributed by atoms with Gasteiger partial charge in [-0.1, -0.05) is 35.9 Å². The van der Waals surface area contributed by atoms with Crippen LogP contribution >= 0.6 is 23.8 Å². The van der Waals surface area contributed by atoms with Gasteiger partial charge < -0.3 is 10.2 Å².